The molecule has 0 aliphatic rings. The Morgan fingerprint density at radius 3 is 2.50 bits per heavy atom. The van der Waals surface area contributed by atoms with Crippen LogP contribution in [-0.2, 0) is 4.79 Å². The van der Waals surface area contributed by atoms with E-state index in [9.17, 15) is 14.9 Å². The summed E-state index contributed by atoms with van der Waals surface area (Å²) in [6.07, 6.45) is 3.68. The molecule has 0 saturated heterocycles. The van der Waals surface area contributed by atoms with Crippen molar-refractivity contribution in [3.05, 3.63) is 82.1 Å². The number of ether oxygens (including phenoxy) is 1. The molecule has 0 unspecified atom stereocenters. The quantitative estimate of drug-likeness (QED) is 0.523. The van der Waals surface area contributed by atoms with Gasteiger partial charge in [-0.05, 0) is 42.5 Å². The maximum absolute atomic E-state index is 12.2. The third-order valence-corrected chi connectivity index (χ3v) is 3.77. The summed E-state index contributed by atoms with van der Waals surface area (Å²) in [6, 6.07) is 14.4. The first-order chi connectivity index (χ1) is 12.5. The lowest BCUT2D eigenvalue weighted by Gasteiger charge is -2.13. The Morgan fingerprint density at radius 1 is 1.15 bits per heavy atom. The van der Waals surface area contributed by atoms with Crippen LogP contribution in [0.4, 0.5) is 11.4 Å². The van der Waals surface area contributed by atoms with Crippen molar-refractivity contribution in [1.29, 1.82) is 0 Å². The van der Waals surface area contributed by atoms with Crippen molar-refractivity contribution < 1.29 is 14.5 Å². The Bertz CT molecular complexity index is 924. The molecule has 3 rings (SSSR count). The average Bonchev–Trinajstić information content (AvgIpc) is 3.16. The lowest BCUT2D eigenvalue weighted by Crippen LogP contribution is -2.21. The van der Waals surface area contributed by atoms with E-state index in [4.69, 9.17) is 16.3 Å². The molecule has 0 bridgehead atoms. The number of aromatic nitrogens is 1. The fourth-order valence-corrected chi connectivity index (χ4v) is 2.48. The van der Waals surface area contributed by atoms with Crippen molar-refractivity contribution >= 4 is 28.9 Å². The largest absolute Gasteiger partial charge is 0.484 e. The number of nitro benzene ring substituents is 1. The molecule has 3 aromatic rings. The van der Waals surface area contributed by atoms with Crippen molar-refractivity contribution in [2.24, 2.45) is 0 Å². The molecule has 0 aliphatic heterocycles. The number of halogens is 1. The molecule has 0 fully saturated rings. The van der Waals surface area contributed by atoms with E-state index in [2.05, 4.69) is 5.32 Å². The van der Waals surface area contributed by atoms with Crippen LogP contribution in [0.2, 0.25) is 5.02 Å². The molecule has 1 amide bonds. The van der Waals surface area contributed by atoms with Gasteiger partial charge >= 0.3 is 0 Å². The van der Waals surface area contributed by atoms with Gasteiger partial charge in [0.05, 0.1) is 16.3 Å². The maximum atomic E-state index is 12.2. The van der Waals surface area contributed by atoms with Crippen molar-refractivity contribution in [1.82, 2.24) is 4.57 Å². The highest BCUT2D eigenvalue weighted by molar-refractivity contribution is 6.30. The van der Waals surface area contributed by atoms with Crippen LogP contribution in [0.5, 0.6) is 5.75 Å². The van der Waals surface area contributed by atoms with Crippen LogP contribution in [0.3, 0.4) is 0 Å². The van der Waals surface area contributed by atoms with Gasteiger partial charge in [-0.25, -0.2) is 0 Å². The maximum Gasteiger partial charge on any atom is 0.269 e. The van der Waals surface area contributed by atoms with E-state index >= 15 is 0 Å². The summed E-state index contributed by atoms with van der Waals surface area (Å²) in [7, 11) is 0. The fourth-order valence-electron chi connectivity index (χ4n) is 2.32. The van der Waals surface area contributed by atoms with Crippen LogP contribution in [0.25, 0.3) is 5.69 Å². The Labute approximate surface area is 153 Å². The topological polar surface area (TPSA) is 86.4 Å². The Balaban J connectivity index is 1.66. The summed E-state index contributed by atoms with van der Waals surface area (Å²) in [6.45, 7) is -0.231. The number of nitrogens with zero attached hydrogens (tertiary/aromatic N) is 2. The van der Waals surface area contributed by atoms with Crippen LogP contribution in [0.1, 0.15) is 0 Å². The molecule has 7 nitrogen and oxygen atoms in total. The lowest BCUT2D eigenvalue weighted by atomic mass is 10.2. The first-order valence-corrected chi connectivity index (χ1v) is 8.01. The van der Waals surface area contributed by atoms with Crippen LogP contribution in [-0.4, -0.2) is 22.0 Å². The van der Waals surface area contributed by atoms with Crippen molar-refractivity contribution in [3.63, 3.8) is 0 Å². The van der Waals surface area contributed by atoms with E-state index in [1.54, 1.807) is 18.2 Å². The van der Waals surface area contributed by atoms with Gasteiger partial charge in [-0.1, -0.05) is 11.6 Å². The minimum absolute atomic E-state index is 0.0423. The van der Waals surface area contributed by atoms with Gasteiger partial charge in [-0.3, -0.25) is 14.9 Å². The van der Waals surface area contributed by atoms with Crippen LogP contribution < -0.4 is 10.1 Å². The molecule has 1 N–H and O–H groups in total. The number of amides is 1. The number of hydrogen-bond donors (Lipinski definition) is 1. The minimum Gasteiger partial charge on any atom is -0.484 e. The van der Waals surface area contributed by atoms with E-state index < -0.39 is 4.92 Å². The summed E-state index contributed by atoms with van der Waals surface area (Å²) < 4.78 is 7.19. The molecule has 0 spiro atoms. The molecular weight excluding hydrogens is 358 g/mol. The highest BCUT2D eigenvalue weighted by Gasteiger charge is 2.10. The lowest BCUT2D eigenvalue weighted by molar-refractivity contribution is -0.384. The van der Waals surface area contributed by atoms with Gasteiger partial charge in [0.25, 0.3) is 11.6 Å². The molecule has 0 aliphatic carbocycles. The molecule has 2 aromatic carbocycles. The van der Waals surface area contributed by atoms with Crippen LogP contribution in [0.15, 0.2) is 67.0 Å². The summed E-state index contributed by atoms with van der Waals surface area (Å²) >= 11 is 6.05. The number of benzene rings is 2. The first kappa shape index (κ1) is 17.5. The van der Waals surface area contributed by atoms with Crippen LogP contribution >= 0.6 is 11.6 Å². The van der Waals surface area contributed by atoms with Gasteiger partial charge in [-0.15, -0.1) is 0 Å². The molecular formula is C18H14ClN3O4. The van der Waals surface area contributed by atoms with E-state index in [1.807, 2.05) is 29.1 Å². The summed E-state index contributed by atoms with van der Waals surface area (Å²) in [5, 5.41) is 13.9. The Morgan fingerprint density at radius 2 is 1.85 bits per heavy atom. The molecule has 26 heavy (non-hydrogen) atoms. The number of rotatable bonds is 6. The normalized spacial score (nSPS) is 10.3. The van der Waals surface area contributed by atoms with Gasteiger partial charge in [-0.2, -0.15) is 0 Å². The molecule has 0 atom stereocenters. The molecule has 1 aromatic heterocycles. The van der Waals surface area contributed by atoms with Gasteiger partial charge in [0, 0.05) is 29.5 Å². The highest BCUT2D eigenvalue weighted by atomic mass is 35.5. The number of nitro groups is 1. The van der Waals surface area contributed by atoms with Crippen molar-refractivity contribution in [3.8, 4) is 11.4 Å². The van der Waals surface area contributed by atoms with Crippen LogP contribution in [0, 0.1) is 10.1 Å². The number of hydrogen-bond acceptors (Lipinski definition) is 4. The Kier molecular flexibility index (Phi) is 5.19. The second kappa shape index (κ2) is 7.71. The van der Waals surface area contributed by atoms with Crippen molar-refractivity contribution in [2.75, 3.05) is 11.9 Å². The number of nitrogens with one attached hydrogen (secondary N) is 1. The number of carbonyl (C=O) groups excluding carboxylic acids is 1. The molecule has 1 heterocycles. The van der Waals surface area contributed by atoms with Gasteiger partial charge in [0.15, 0.2) is 6.61 Å². The third-order valence-electron chi connectivity index (χ3n) is 3.53. The predicted molar refractivity (Wildman–Crippen MR) is 98.0 cm³/mol. The zero-order valence-electron chi connectivity index (χ0n) is 13.5. The summed E-state index contributed by atoms with van der Waals surface area (Å²) in [5.41, 5.74) is 1.27. The first-order valence-electron chi connectivity index (χ1n) is 7.63. The number of carbonyl (C=O) groups is 1. The molecule has 8 heteroatoms. The van der Waals surface area contributed by atoms with E-state index in [0.29, 0.717) is 16.5 Å². The van der Waals surface area contributed by atoms with Gasteiger partial charge < -0.3 is 14.6 Å². The third kappa shape index (κ3) is 4.20. The minimum atomic E-state index is -0.500. The number of non-ortho nitro benzene ring substituents is 1. The molecule has 132 valence electrons. The summed E-state index contributed by atoms with van der Waals surface area (Å²) in [5.74, 6) is 0.00608. The monoisotopic (exact) mass is 371 g/mol. The zero-order valence-corrected chi connectivity index (χ0v) is 14.2. The summed E-state index contributed by atoms with van der Waals surface area (Å²) in [4.78, 5) is 22.3. The predicted octanol–water partition coefficient (Wildman–Crippen LogP) is 4.06. The fraction of sp³-hybridized carbons (Fsp3) is 0.0556. The zero-order chi connectivity index (χ0) is 18.5. The van der Waals surface area contributed by atoms with Crippen molar-refractivity contribution in [2.45, 2.75) is 0 Å². The van der Waals surface area contributed by atoms with Gasteiger partial charge in [0.2, 0.25) is 0 Å². The van der Waals surface area contributed by atoms with E-state index in [-0.39, 0.29) is 18.2 Å². The number of anilines is 1. The van der Waals surface area contributed by atoms with E-state index in [0.717, 1.165) is 5.69 Å². The Hall–Kier alpha value is -3.32. The highest BCUT2D eigenvalue weighted by Crippen LogP contribution is 2.25. The SMILES string of the molecule is O=C(COc1ccc([N+](=O)[O-])cc1)Nc1ccc(Cl)cc1-n1cccc1. The van der Waals surface area contributed by atoms with Gasteiger partial charge in [0.1, 0.15) is 5.75 Å². The molecule has 0 saturated carbocycles. The van der Waals surface area contributed by atoms with E-state index in [1.165, 1.54) is 24.3 Å². The standard InChI is InChI=1S/C18H14ClN3O4/c19-13-3-8-16(17(11-13)21-9-1-2-10-21)20-18(23)12-26-15-6-4-14(5-7-15)22(24)25/h1-11H,12H2,(H,20,23). The second-order valence-corrected chi connectivity index (χ2v) is 5.78. The second-order valence-electron chi connectivity index (χ2n) is 5.34. The molecule has 0 radical (unpaired) electrons. The smallest absolute Gasteiger partial charge is 0.269 e. The average molecular weight is 372 g/mol.